The van der Waals surface area contributed by atoms with E-state index in [1.165, 1.54) is 24.0 Å². The van der Waals surface area contributed by atoms with Crippen LogP contribution >= 0.6 is 0 Å². The van der Waals surface area contributed by atoms with E-state index in [2.05, 4.69) is 10.2 Å². The number of sulfonamides is 1. The van der Waals surface area contributed by atoms with Gasteiger partial charge in [0.25, 0.3) is 15.9 Å². The number of rotatable bonds is 4. The van der Waals surface area contributed by atoms with Crippen LogP contribution in [0, 0.1) is 12.7 Å². The molecule has 0 saturated heterocycles. The maximum atomic E-state index is 13.2. The number of halogens is 1. The zero-order valence-corrected chi connectivity index (χ0v) is 15.1. The number of nitrogens with zero attached hydrogens (tertiary/aromatic N) is 4. The SMILES string of the molecule is Cc1cc(F)ccc1S(=O)(=O)NC(=O)c1cn(C)nc1-c1cnn(C)c1. The number of aromatic nitrogens is 4. The van der Waals surface area contributed by atoms with E-state index in [0.717, 1.165) is 18.2 Å². The summed E-state index contributed by atoms with van der Waals surface area (Å²) in [7, 11) is -0.827. The average Bonchev–Trinajstić information content (AvgIpc) is 3.12. The van der Waals surface area contributed by atoms with E-state index in [-0.39, 0.29) is 16.0 Å². The molecule has 136 valence electrons. The fourth-order valence-electron chi connectivity index (χ4n) is 2.56. The summed E-state index contributed by atoms with van der Waals surface area (Å²) in [5.74, 6) is -1.39. The molecule has 0 fully saturated rings. The predicted octanol–water partition coefficient (Wildman–Crippen LogP) is 1.39. The van der Waals surface area contributed by atoms with Gasteiger partial charge in [-0.25, -0.2) is 17.5 Å². The molecule has 0 aliphatic rings. The molecule has 1 N–H and O–H groups in total. The highest BCUT2D eigenvalue weighted by Crippen LogP contribution is 2.22. The number of hydrogen-bond donors (Lipinski definition) is 1. The summed E-state index contributed by atoms with van der Waals surface area (Å²) in [6, 6.07) is 3.23. The van der Waals surface area contributed by atoms with Crippen molar-refractivity contribution in [2.75, 3.05) is 0 Å². The average molecular weight is 377 g/mol. The second-order valence-electron chi connectivity index (χ2n) is 5.81. The molecule has 0 aliphatic heterocycles. The largest absolute Gasteiger partial charge is 0.275 e. The number of amides is 1. The first kappa shape index (κ1) is 17.8. The van der Waals surface area contributed by atoms with Crippen LogP contribution in [-0.4, -0.2) is 33.9 Å². The second kappa shape index (κ2) is 6.37. The first-order valence-corrected chi connectivity index (χ1v) is 9.01. The molecule has 2 heterocycles. The van der Waals surface area contributed by atoms with Crippen LogP contribution in [0.3, 0.4) is 0 Å². The van der Waals surface area contributed by atoms with Gasteiger partial charge in [-0.1, -0.05) is 0 Å². The highest BCUT2D eigenvalue weighted by Gasteiger charge is 2.25. The minimum Gasteiger partial charge on any atom is -0.275 e. The van der Waals surface area contributed by atoms with Crippen molar-refractivity contribution in [2.45, 2.75) is 11.8 Å². The second-order valence-corrected chi connectivity index (χ2v) is 7.46. The van der Waals surface area contributed by atoms with Gasteiger partial charge in [0.15, 0.2) is 0 Å². The minimum absolute atomic E-state index is 0.0869. The number of nitrogens with one attached hydrogen (secondary N) is 1. The molecule has 1 aromatic carbocycles. The fourth-order valence-corrected chi connectivity index (χ4v) is 3.75. The predicted molar refractivity (Wildman–Crippen MR) is 91.2 cm³/mol. The van der Waals surface area contributed by atoms with E-state index in [1.54, 1.807) is 25.0 Å². The zero-order valence-electron chi connectivity index (χ0n) is 14.3. The van der Waals surface area contributed by atoms with Crippen molar-refractivity contribution in [3.8, 4) is 11.3 Å². The van der Waals surface area contributed by atoms with Crippen LogP contribution in [0.25, 0.3) is 11.3 Å². The molecule has 0 unspecified atom stereocenters. The molecule has 1 amide bonds. The summed E-state index contributed by atoms with van der Waals surface area (Å²) in [6.07, 6.45) is 4.61. The molecule has 3 aromatic rings. The van der Waals surface area contributed by atoms with Gasteiger partial charge in [-0.05, 0) is 30.7 Å². The molecule has 3 rings (SSSR count). The third-order valence-corrected chi connectivity index (χ3v) is 5.20. The molecule has 26 heavy (non-hydrogen) atoms. The number of carbonyl (C=O) groups is 1. The number of aryl methyl sites for hydroxylation is 3. The molecule has 0 bridgehead atoms. The molecule has 2 aromatic heterocycles. The standard InChI is InChI=1S/C16H16FN5O3S/c1-10-6-12(17)4-5-14(10)26(24,25)20-16(23)13-9-22(3)19-15(13)11-7-18-21(2)8-11/h4-9H,1-3H3,(H,20,23). The van der Waals surface area contributed by atoms with E-state index in [1.807, 2.05) is 4.72 Å². The van der Waals surface area contributed by atoms with E-state index in [9.17, 15) is 17.6 Å². The van der Waals surface area contributed by atoms with Gasteiger partial charge in [0.1, 0.15) is 11.5 Å². The molecule has 0 atom stereocenters. The smallest absolute Gasteiger partial charge is 0.268 e. The Morgan fingerprint density at radius 3 is 2.54 bits per heavy atom. The van der Waals surface area contributed by atoms with Crippen molar-refractivity contribution in [1.82, 2.24) is 24.3 Å². The van der Waals surface area contributed by atoms with E-state index < -0.39 is 21.7 Å². The van der Waals surface area contributed by atoms with Gasteiger partial charge in [-0.2, -0.15) is 10.2 Å². The molecule has 10 heteroatoms. The quantitative estimate of drug-likeness (QED) is 0.741. The Morgan fingerprint density at radius 1 is 1.19 bits per heavy atom. The lowest BCUT2D eigenvalue weighted by atomic mass is 10.1. The van der Waals surface area contributed by atoms with Gasteiger partial charge < -0.3 is 0 Å². The Balaban J connectivity index is 1.96. The van der Waals surface area contributed by atoms with Crippen LogP contribution in [0.5, 0.6) is 0 Å². The van der Waals surface area contributed by atoms with Gasteiger partial charge in [0.05, 0.1) is 16.7 Å². The highest BCUT2D eigenvalue weighted by atomic mass is 32.2. The van der Waals surface area contributed by atoms with Crippen LogP contribution in [0.1, 0.15) is 15.9 Å². The van der Waals surface area contributed by atoms with Crippen molar-refractivity contribution in [3.05, 3.63) is 53.7 Å². The van der Waals surface area contributed by atoms with Gasteiger partial charge in [0, 0.05) is 32.1 Å². The van der Waals surface area contributed by atoms with E-state index >= 15 is 0 Å². The maximum Gasteiger partial charge on any atom is 0.268 e. The summed E-state index contributed by atoms with van der Waals surface area (Å²) < 4.78 is 43.2. The van der Waals surface area contributed by atoms with Crippen LogP contribution < -0.4 is 4.72 Å². The lowest BCUT2D eigenvalue weighted by molar-refractivity contribution is 0.0982. The minimum atomic E-state index is -4.16. The summed E-state index contributed by atoms with van der Waals surface area (Å²) >= 11 is 0. The van der Waals surface area contributed by atoms with Gasteiger partial charge >= 0.3 is 0 Å². The third kappa shape index (κ3) is 3.36. The summed E-state index contributed by atoms with van der Waals surface area (Å²) in [4.78, 5) is 12.4. The van der Waals surface area contributed by atoms with Gasteiger partial charge in [-0.3, -0.25) is 14.2 Å². The first-order chi connectivity index (χ1) is 12.2. The van der Waals surface area contributed by atoms with Gasteiger partial charge in [0.2, 0.25) is 0 Å². The molecule has 8 nitrogen and oxygen atoms in total. The number of benzene rings is 1. The normalized spacial score (nSPS) is 11.5. The third-order valence-electron chi connectivity index (χ3n) is 3.71. The summed E-state index contributed by atoms with van der Waals surface area (Å²) in [5, 5.41) is 8.23. The Bertz CT molecular complexity index is 1100. The van der Waals surface area contributed by atoms with Crippen molar-refractivity contribution >= 4 is 15.9 Å². The Morgan fingerprint density at radius 2 is 1.92 bits per heavy atom. The van der Waals surface area contributed by atoms with Crippen LogP contribution in [0.4, 0.5) is 4.39 Å². The molecule has 0 aliphatic carbocycles. The van der Waals surface area contributed by atoms with Crippen LogP contribution in [-0.2, 0) is 24.1 Å². The zero-order chi connectivity index (χ0) is 19.1. The summed E-state index contributed by atoms with van der Waals surface area (Å²) in [6.45, 7) is 1.45. The lowest BCUT2D eigenvalue weighted by Crippen LogP contribution is -2.31. The highest BCUT2D eigenvalue weighted by molar-refractivity contribution is 7.90. The number of carbonyl (C=O) groups excluding carboxylic acids is 1. The lowest BCUT2D eigenvalue weighted by Gasteiger charge is -2.09. The monoisotopic (exact) mass is 377 g/mol. The Labute approximate surface area is 149 Å². The molecule has 0 radical (unpaired) electrons. The van der Waals surface area contributed by atoms with Crippen LogP contribution in [0.2, 0.25) is 0 Å². The van der Waals surface area contributed by atoms with E-state index in [0.29, 0.717) is 11.3 Å². The molecule has 0 spiro atoms. The van der Waals surface area contributed by atoms with Crippen molar-refractivity contribution in [3.63, 3.8) is 0 Å². The van der Waals surface area contributed by atoms with E-state index in [4.69, 9.17) is 0 Å². The fraction of sp³-hybridized carbons (Fsp3) is 0.188. The Hall–Kier alpha value is -3.01. The van der Waals surface area contributed by atoms with Gasteiger partial charge in [-0.15, -0.1) is 0 Å². The number of hydrogen-bond acceptors (Lipinski definition) is 5. The van der Waals surface area contributed by atoms with Crippen molar-refractivity contribution in [2.24, 2.45) is 14.1 Å². The first-order valence-electron chi connectivity index (χ1n) is 7.53. The van der Waals surface area contributed by atoms with Crippen molar-refractivity contribution < 1.29 is 17.6 Å². The topological polar surface area (TPSA) is 98.9 Å². The van der Waals surface area contributed by atoms with Crippen LogP contribution in [0.15, 0.2) is 41.7 Å². The molecular formula is C16H16FN5O3S. The maximum absolute atomic E-state index is 13.2. The molecule has 0 saturated carbocycles. The molecular weight excluding hydrogens is 361 g/mol. The van der Waals surface area contributed by atoms with Crippen molar-refractivity contribution in [1.29, 1.82) is 0 Å². The summed E-state index contributed by atoms with van der Waals surface area (Å²) in [5.41, 5.74) is 1.17. The Kier molecular flexibility index (Phi) is 4.36.